The van der Waals surface area contributed by atoms with Crippen LogP contribution < -0.4 is 0 Å². The van der Waals surface area contributed by atoms with Gasteiger partial charge in [-0.25, -0.2) is 8.42 Å². The van der Waals surface area contributed by atoms with E-state index in [4.69, 9.17) is 5.11 Å². The highest BCUT2D eigenvalue weighted by molar-refractivity contribution is 9.10. The minimum absolute atomic E-state index is 0.193. The lowest BCUT2D eigenvalue weighted by Crippen LogP contribution is -2.53. The van der Waals surface area contributed by atoms with Gasteiger partial charge in [-0.15, -0.1) is 0 Å². The average Bonchev–Trinajstić information content (AvgIpc) is 2.13. The fourth-order valence-electron chi connectivity index (χ4n) is 1.37. The second kappa shape index (κ2) is 3.86. The minimum atomic E-state index is -3.40. The van der Waals surface area contributed by atoms with E-state index in [-0.39, 0.29) is 18.0 Å². The SMILES string of the molecule is O=S(=O)(c1ccc(Br)cc1)N1CC(O)C1. The smallest absolute Gasteiger partial charge is 0.243 e. The Labute approximate surface area is 96.7 Å². The topological polar surface area (TPSA) is 57.6 Å². The van der Waals surface area contributed by atoms with Gasteiger partial charge in [0.05, 0.1) is 11.0 Å². The maximum Gasteiger partial charge on any atom is 0.243 e. The fourth-order valence-corrected chi connectivity index (χ4v) is 3.15. The number of aliphatic hydroxyl groups is 1. The fraction of sp³-hybridized carbons (Fsp3) is 0.333. The molecule has 1 heterocycles. The number of nitrogens with zero attached hydrogens (tertiary/aromatic N) is 1. The van der Waals surface area contributed by atoms with Gasteiger partial charge in [0.25, 0.3) is 0 Å². The Kier molecular flexibility index (Phi) is 2.85. The first-order valence-corrected chi connectivity index (χ1v) is 6.67. The molecular weight excluding hydrogens is 282 g/mol. The van der Waals surface area contributed by atoms with E-state index in [0.717, 1.165) is 4.47 Å². The molecule has 0 aliphatic carbocycles. The van der Waals surface area contributed by atoms with Gasteiger partial charge < -0.3 is 5.11 Å². The molecule has 0 atom stereocenters. The van der Waals surface area contributed by atoms with Crippen molar-refractivity contribution in [1.29, 1.82) is 0 Å². The van der Waals surface area contributed by atoms with E-state index in [1.807, 2.05) is 0 Å². The van der Waals surface area contributed by atoms with E-state index in [1.54, 1.807) is 24.3 Å². The number of halogens is 1. The molecule has 1 aliphatic heterocycles. The molecule has 15 heavy (non-hydrogen) atoms. The Hall–Kier alpha value is -0.430. The summed E-state index contributed by atoms with van der Waals surface area (Å²) < 4.78 is 25.8. The number of hydrogen-bond donors (Lipinski definition) is 1. The van der Waals surface area contributed by atoms with Crippen molar-refractivity contribution in [2.75, 3.05) is 13.1 Å². The molecule has 1 N–H and O–H groups in total. The molecule has 82 valence electrons. The molecule has 0 saturated carbocycles. The summed E-state index contributed by atoms with van der Waals surface area (Å²) in [6, 6.07) is 6.46. The van der Waals surface area contributed by atoms with Crippen LogP contribution in [-0.4, -0.2) is 37.0 Å². The van der Waals surface area contributed by atoms with Crippen molar-refractivity contribution in [3.05, 3.63) is 28.7 Å². The van der Waals surface area contributed by atoms with Crippen LogP contribution in [-0.2, 0) is 10.0 Å². The lowest BCUT2D eigenvalue weighted by molar-refractivity contribution is 0.0548. The van der Waals surface area contributed by atoms with Gasteiger partial charge in [-0.2, -0.15) is 4.31 Å². The normalized spacial score (nSPS) is 18.8. The van der Waals surface area contributed by atoms with Crippen molar-refractivity contribution in [1.82, 2.24) is 4.31 Å². The molecule has 0 unspecified atom stereocenters. The Morgan fingerprint density at radius 2 is 1.80 bits per heavy atom. The number of rotatable bonds is 2. The van der Waals surface area contributed by atoms with Crippen LogP contribution in [0.25, 0.3) is 0 Å². The lowest BCUT2D eigenvalue weighted by atomic mass is 10.2. The van der Waals surface area contributed by atoms with Crippen molar-refractivity contribution in [2.24, 2.45) is 0 Å². The Bertz CT molecular complexity index is 451. The van der Waals surface area contributed by atoms with Crippen LogP contribution >= 0.6 is 15.9 Å². The molecule has 0 amide bonds. The highest BCUT2D eigenvalue weighted by Gasteiger charge is 2.35. The molecule has 1 aromatic carbocycles. The number of benzene rings is 1. The Morgan fingerprint density at radius 3 is 2.27 bits per heavy atom. The third-order valence-corrected chi connectivity index (χ3v) is 4.65. The van der Waals surface area contributed by atoms with Gasteiger partial charge in [0.1, 0.15) is 0 Å². The second-order valence-electron chi connectivity index (χ2n) is 3.43. The van der Waals surface area contributed by atoms with E-state index in [1.165, 1.54) is 4.31 Å². The highest BCUT2D eigenvalue weighted by atomic mass is 79.9. The summed E-state index contributed by atoms with van der Waals surface area (Å²) in [7, 11) is -3.40. The van der Waals surface area contributed by atoms with Crippen LogP contribution in [0.15, 0.2) is 33.6 Å². The summed E-state index contributed by atoms with van der Waals surface area (Å²) in [5.41, 5.74) is 0. The van der Waals surface area contributed by atoms with Gasteiger partial charge in [0, 0.05) is 17.6 Å². The monoisotopic (exact) mass is 291 g/mol. The number of hydrogen-bond acceptors (Lipinski definition) is 3. The van der Waals surface area contributed by atoms with Gasteiger partial charge >= 0.3 is 0 Å². The van der Waals surface area contributed by atoms with Crippen LogP contribution in [0.3, 0.4) is 0 Å². The third-order valence-electron chi connectivity index (χ3n) is 2.28. The van der Waals surface area contributed by atoms with E-state index >= 15 is 0 Å². The van der Waals surface area contributed by atoms with E-state index in [2.05, 4.69) is 15.9 Å². The van der Waals surface area contributed by atoms with Crippen molar-refractivity contribution in [3.8, 4) is 0 Å². The maximum atomic E-state index is 11.9. The first-order valence-electron chi connectivity index (χ1n) is 4.44. The van der Waals surface area contributed by atoms with Crippen LogP contribution in [0.2, 0.25) is 0 Å². The predicted molar refractivity (Wildman–Crippen MR) is 58.9 cm³/mol. The zero-order chi connectivity index (χ0) is 11.1. The lowest BCUT2D eigenvalue weighted by Gasteiger charge is -2.34. The first kappa shape index (κ1) is 11.1. The van der Waals surface area contributed by atoms with Crippen molar-refractivity contribution in [2.45, 2.75) is 11.0 Å². The van der Waals surface area contributed by atoms with Crippen molar-refractivity contribution >= 4 is 26.0 Å². The highest BCUT2D eigenvalue weighted by Crippen LogP contribution is 2.22. The van der Waals surface area contributed by atoms with Crippen molar-refractivity contribution < 1.29 is 13.5 Å². The molecule has 0 spiro atoms. The number of aliphatic hydroxyl groups excluding tert-OH is 1. The molecule has 1 fully saturated rings. The van der Waals surface area contributed by atoms with Crippen molar-refractivity contribution in [3.63, 3.8) is 0 Å². The maximum absolute atomic E-state index is 11.9. The van der Waals surface area contributed by atoms with Gasteiger partial charge in [-0.05, 0) is 24.3 Å². The van der Waals surface area contributed by atoms with Crippen LogP contribution in [0.1, 0.15) is 0 Å². The van der Waals surface area contributed by atoms with Gasteiger partial charge in [-0.1, -0.05) is 15.9 Å². The first-order chi connectivity index (χ1) is 7.00. The second-order valence-corrected chi connectivity index (χ2v) is 6.28. The third kappa shape index (κ3) is 2.08. The van der Waals surface area contributed by atoms with Gasteiger partial charge in [-0.3, -0.25) is 0 Å². The molecule has 0 radical (unpaired) electrons. The molecule has 0 bridgehead atoms. The Balaban J connectivity index is 2.26. The minimum Gasteiger partial charge on any atom is -0.390 e. The average molecular weight is 292 g/mol. The molecule has 0 aromatic heterocycles. The standard InChI is InChI=1S/C9H10BrNO3S/c10-7-1-3-9(4-2-7)15(13,14)11-5-8(12)6-11/h1-4,8,12H,5-6H2. The molecule has 1 aromatic rings. The largest absolute Gasteiger partial charge is 0.390 e. The quantitative estimate of drug-likeness (QED) is 0.878. The summed E-state index contributed by atoms with van der Waals surface area (Å²) in [5.74, 6) is 0. The summed E-state index contributed by atoms with van der Waals surface area (Å²) in [6.45, 7) is 0.386. The molecule has 1 saturated heterocycles. The molecular formula is C9H10BrNO3S. The zero-order valence-corrected chi connectivity index (χ0v) is 10.2. The van der Waals surface area contributed by atoms with E-state index in [0.29, 0.717) is 0 Å². The van der Waals surface area contributed by atoms with Gasteiger partial charge in [0.2, 0.25) is 10.0 Å². The molecule has 1 aliphatic rings. The molecule has 6 heteroatoms. The van der Waals surface area contributed by atoms with Crippen LogP contribution in [0, 0.1) is 0 Å². The van der Waals surface area contributed by atoms with Gasteiger partial charge in [0.15, 0.2) is 0 Å². The molecule has 4 nitrogen and oxygen atoms in total. The van der Waals surface area contributed by atoms with E-state index in [9.17, 15) is 8.42 Å². The summed E-state index contributed by atoms with van der Waals surface area (Å²) in [4.78, 5) is 0.262. The van der Waals surface area contributed by atoms with Crippen LogP contribution in [0.5, 0.6) is 0 Å². The molecule has 2 rings (SSSR count). The van der Waals surface area contributed by atoms with Crippen LogP contribution in [0.4, 0.5) is 0 Å². The number of β-amino-alcohol motifs (C(OH)–C–C–N with tert-alkyl or cyclic N) is 1. The zero-order valence-electron chi connectivity index (χ0n) is 7.80. The number of sulfonamides is 1. The van der Waals surface area contributed by atoms with E-state index < -0.39 is 16.1 Å². The summed E-state index contributed by atoms with van der Waals surface area (Å²) in [6.07, 6.45) is -0.518. The summed E-state index contributed by atoms with van der Waals surface area (Å²) >= 11 is 3.24. The summed E-state index contributed by atoms with van der Waals surface area (Å²) in [5, 5.41) is 9.06. The Morgan fingerprint density at radius 1 is 1.27 bits per heavy atom. The predicted octanol–water partition coefficient (Wildman–Crippen LogP) is 0.814.